The van der Waals surface area contributed by atoms with Crippen molar-refractivity contribution in [3.05, 3.63) is 23.8 Å². The summed E-state index contributed by atoms with van der Waals surface area (Å²) in [6, 6.07) is 6.37. The number of carbonyl (C=O) groups is 2. The molecule has 1 aromatic rings. The molecule has 8 nitrogen and oxygen atoms in total. The number of carbonyl (C=O) groups excluding carboxylic acids is 2. The van der Waals surface area contributed by atoms with Gasteiger partial charge in [-0.3, -0.25) is 14.9 Å². The average Bonchev–Trinajstić information content (AvgIpc) is 3.34. The molecular weight excluding hydrogens is 508 g/mol. The van der Waals surface area contributed by atoms with Crippen LogP contribution >= 0.6 is 0 Å². The minimum Gasteiger partial charge on any atom is -0.493 e. The molecule has 4 atom stereocenters. The van der Waals surface area contributed by atoms with Crippen molar-refractivity contribution in [2.45, 2.75) is 92.2 Å². The van der Waals surface area contributed by atoms with Crippen molar-refractivity contribution in [1.82, 2.24) is 5.32 Å². The number of benzene rings is 1. The lowest BCUT2D eigenvalue weighted by atomic mass is 9.78. The summed E-state index contributed by atoms with van der Waals surface area (Å²) in [5.74, 6) is 2.27. The summed E-state index contributed by atoms with van der Waals surface area (Å²) in [5.41, 5.74) is 6.05. The molecule has 0 radical (unpaired) electrons. The molecule has 40 heavy (non-hydrogen) atoms. The summed E-state index contributed by atoms with van der Waals surface area (Å²) in [6.07, 6.45) is 4.14. The van der Waals surface area contributed by atoms with E-state index in [1.165, 1.54) is 5.56 Å². The van der Waals surface area contributed by atoms with Crippen LogP contribution in [-0.4, -0.2) is 58.0 Å². The molecule has 1 saturated heterocycles. The number of nitrogens with one attached hydrogen (secondary N) is 1. The van der Waals surface area contributed by atoms with E-state index < -0.39 is 5.41 Å². The third-order valence-electron chi connectivity index (χ3n) is 8.44. The second kappa shape index (κ2) is 16.3. The van der Waals surface area contributed by atoms with E-state index in [0.717, 1.165) is 30.8 Å². The van der Waals surface area contributed by atoms with Crippen molar-refractivity contribution in [2.75, 3.05) is 34.2 Å². The van der Waals surface area contributed by atoms with E-state index in [4.69, 9.17) is 24.7 Å². The van der Waals surface area contributed by atoms with Gasteiger partial charge in [-0.05, 0) is 61.1 Å². The van der Waals surface area contributed by atoms with Gasteiger partial charge in [0, 0.05) is 43.9 Å². The van der Waals surface area contributed by atoms with Crippen molar-refractivity contribution in [1.29, 1.82) is 0 Å². The molecule has 0 bridgehead atoms. The summed E-state index contributed by atoms with van der Waals surface area (Å²) in [4.78, 5) is 25.0. The van der Waals surface area contributed by atoms with E-state index in [2.05, 4.69) is 45.1 Å². The van der Waals surface area contributed by atoms with E-state index in [9.17, 15) is 9.59 Å². The fourth-order valence-corrected chi connectivity index (χ4v) is 5.31. The number of ether oxygens (including phenoxy) is 4. The number of Topliss-reactive ketones (excluding diaryl/α,β-unsaturated/α-hetero) is 1. The number of hydrogen-bond acceptors (Lipinski definition) is 7. The van der Waals surface area contributed by atoms with E-state index in [1.807, 2.05) is 6.07 Å². The van der Waals surface area contributed by atoms with Gasteiger partial charge in [0.2, 0.25) is 5.91 Å². The largest absolute Gasteiger partial charge is 0.493 e. The Bertz CT molecular complexity index is 932. The van der Waals surface area contributed by atoms with Gasteiger partial charge in [-0.15, -0.1) is 0 Å². The summed E-state index contributed by atoms with van der Waals surface area (Å²) in [7, 11) is 3.35. The highest BCUT2D eigenvalue weighted by Crippen LogP contribution is 2.34. The summed E-state index contributed by atoms with van der Waals surface area (Å²) >= 11 is 0. The Balaban J connectivity index is 2.07. The van der Waals surface area contributed by atoms with E-state index in [0.29, 0.717) is 51.0 Å². The number of nitrogens with two attached hydrogens (primary N) is 1. The standard InChI is InChI=1S/C32H54N2O6/c1-21(2)24(16-23-10-11-28(38-8)30(17-23)39-15-9-14-37-7)18-26-29(40-20-34-26)19-25(22(3)4)27(35)12-13-32(5,6)31(33)36/h10-11,17,21-22,24-26,29,34H,9,12-16,18-20H2,1-8H3,(H2,33,36)/t24-,25-,26-,29-/m0/s1. The molecule has 0 unspecified atom stereocenters. The van der Waals surface area contributed by atoms with Gasteiger partial charge >= 0.3 is 0 Å². The highest BCUT2D eigenvalue weighted by Gasteiger charge is 2.36. The minimum atomic E-state index is -0.689. The Morgan fingerprint density at radius 1 is 1.07 bits per heavy atom. The van der Waals surface area contributed by atoms with Gasteiger partial charge in [0.05, 0.1) is 26.6 Å². The van der Waals surface area contributed by atoms with Crippen LogP contribution in [0.25, 0.3) is 0 Å². The average molecular weight is 563 g/mol. The first-order valence-corrected chi connectivity index (χ1v) is 14.9. The van der Waals surface area contributed by atoms with Gasteiger partial charge in [-0.2, -0.15) is 0 Å². The SMILES string of the molecule is COCCCOc1cc(C[C@@H](C[C@@H]2NCO[C@H]2C[C@H](C(=O)CCC(C)(C)C(N)=O)C(C)C)C(C)C)ccc1OC. The molecule has 0 saturated carbocycles. The topological polar surface area (TPSA) is 109 Å². The number of methoxy groups -OCH3 is 2. The third-order valence-corrected chi connectivity index (χ3v) is 8.44. The van der Waals surface area contributed by atoms with Gasteiger partial charge in [-0.25, -0.2) is 0 Å². The maximum absolute atomic E-state index is 13.3. The summed E-state index contributed by atoms with van der Waals surface area (Å²) in [5, 5.41) is 3.55. The molecule has 1 amide bonds. The minimum absolute atomic E-state index is 0.0303. The van der Waals surface area contributed by atoms with Crippen molar-refractivity contribution >= 4 is 11.7 Å². The van der Waals surface area contributed by atoms with Gasteiger partial charge in [0.25, 0.3) is 0 Å². The number of hydrogen-bond donors (Lipinski definition) is 2. The van der Waals surface area contributed by atoms with Gasteiger partial charge in [0.1, 0.15) is 5.78 Å². The molecule has 2 rings (SSSR count). The lowest BCUT2D eigenvalue weighted by Crippen LogP contribution is -2.38. The summed E-state index contributed by atoms with van der Waals surface area (Å²) in [6.45, 7) is 14.0. The molecule has 0 aliphatic carbocycles. The molecule has 1 aliphatic heterocycles. The van der Waals surface area contributed by atoms with Crippen molar-refractivity contribution in [3.63, 3.8) is 0 Å². The van der Waals surface area contributed by atoms with Crippen LogP contribution in [0.3, 0.4) is 0 Å². The lowest BCUT2D eigenvalue weighted by molar-refractivity contribution is -0.128. The first-order chi connectivity index (χ1) is 18.9. The second-order valence-corrected chi connectivity index (χ2v) is 12.6. The molecule has 3 N–H and O–H groups in total. The molecule has 1 heterocycles. The number of ketones is 1. The molecule has 228 valence electrons. The zero-order chi connectivity index (χ0) is 29.9. The van der Waals surface area contributed by atoms with Crippen molar-refractivity contribution in [3.8, 4) is 11.5 Å². The predicted molar refractivity (Wildman–Crippen MR) is 158 cm³/mol. The van der Waals surface area contributed by atoms with Crippen LogP contribution in [0.5, 0.6) is 11.5 Å². The van der Waals surface area contributed by atoms with Gasteiger partial charge in [-0.1, -0.05) is 47.6 Å². The highest BCUT2D eigenvalue weighted by atomic mass is 16.5. The van der Waals surface area contributed by atoms with Crippen LogP contribution in [0, 0.1) is 29.1 Å². The maximum atomic E-state index is 13.3. The van der Waals surface area contributed by atoms with Crippen molar-refractivity contribution in [2.24, 2.45) is 34.8 Å². The Kier molecular flexibility index (Phi) is 13.9. The predicted octanol–water partition coefficient (Wildman–Crippen LogP) is 5.15. The van der Waals surface area contributed by atoms with Crippen LogP contribution in [0.15, 0.2) is 18.2 Å². The Morgan fingerprint density at radius 2 is 1.80 bits per heavy atom. The highest BCUT2D eigenvalue weighted by molar-refractivity contribution is 5.84. The fourth-order valence-electron chi connectivity index (χ4n) is 5.31. The van der Waals surface area contributed by atoms with Crippen LogP contribution in [-0.2, 0) is 25.5 Å². The quantitative estimate of drug-likeness (QED) is 0.224. The molecule has 0 spiro atoms. The smallest absolute Gasteiger partial charge is 0.223 e. The Morgan fingerprint density at radius 3 is 2.40 bits per heavy atom. The fraction of sp³-hybridized carbons (Fsp3) is 0.750. The normalized spacial score (nSPS) is 19.1. The van der Waals surface area contributed by atoms with Gasteiger partial charge < -0.3 is 24.7 Å². The Labute approximate surface area is 242 Å². The molecule has 1 aromatic carbocycles. The Hall–Kier alpha value is -2.16. The maximum Gasteiger partial charge on any atom is 0.223 e. The molecular formula is C32H54N2O6. The third kappa shape index (κ3) is 10.3. The van der Waals surface area contributed by atoms with Crippen LogP contribution in [0.2, 0.25) is 0 Å². The second-order valence-electron chi connectivity index (χ2n) is 12.6. The van der Waals surface area contributed by atoms with Crippen LogP contribution in [0.4, 0.5) is 0 Å². The first kappa shape index (κ1) is 34.0. The van der Waals surface area contributed by atoms with E-state index in [1.54, 1.807) is 28.1 Å². The van der Waals surface area contributed by atoms with Gasteiger partial charge in [0.15, 0.2) is 11.5 Å². The zero-order valence-electron chi connectivity index (χ0n) is 26.1. The first-order valence-electron chi connectivity index (χ1n) is 14.9. The van der Waals surface area contributed by atoms with Crippen molar-refractivity contribution < 1.29 is 28.5 Å². The van der Waals surface area contributed by atoms with E-state index in [-0.39, 0.29) is 35.7 Å². The molecule has 8 heteroatoms. The lowest BCUT2D eigenvalue weighted by Gasteiger charge is -2.30. The molecule has 1 fully saturated rings. The summed E-state index contributed by atoms with van der Waals surface area (Å²) < 4.78 is 22.8. The van der Waals surface area contributed by atoms with Crippen LogP contribution in [0.1, 0.15) is 79.2 Å². The number of primary amides is 1. The zero-order valence-corrected chi connectivity index (χ0v) is 26.1. The molecule has 1 aliphatic rings. The number of rotatable bonds is 19. The molecule has 0 aromatic heterocycles. The monoisotopic (exact) mass is 562 g/mol. The van der Waals surface area contributed by atoms with Crippen LogP contribution < -0.4 is 20.5 Å². The number of amides is 1. The van der Waals surface area contributed by atoms with E-state index >= 15 is 0 Å².